The standard InChI is InChI=1S/C18H19FN2O2.ClH/c1-23-17-14-5-3-2-4-12(14)10-15(17)21-18(22)16(20)11-6-8-13(19)9-7-11;/h2-9,15-17H,10,20H2,1H3,(H,21,22);1H/t15-,16?,17-;/m1./s1. The molecular formula is C18H20ClFN2O2. The predicted molar refractivity (Wildman–Crippen MR) is 92.4 cm³/mol. The van der Waals surface area contributed by atoms with Crippen LogP contribution < -0.4 is 11.1 Å². The molecule has 1 aliphatic rings. The summed E-state index contributed by atoms with van der Waals surface area (Å²) in [5.74, 6) is -0.650. The maximum Gasteiger partial charge on any atom is 0.241 e. The highest BCUT2D eigenvalue weighted by molar-refractivity contribution is 5.85. The van der Waals surface area contributed by atoms with Gasteiger partial charge in [-0.1, -0.05) is 36.4 Å². The van der Waals surface area contributed by atoms with Crippen LogP contribution in [0.4, 0.5) is 4.39 Å². The molecule has 6 heteroatoms. The monoisotopic (exact) mass is 350 g/mol. The highest BCUT2D eigenvalue weighted by Gasteiger charge is 2.34. The second-order valence-electron chi connectivity index (χ2n) is 5.70. The Kier molecular flexibility index (Phi) is 5.94. The van der Waals surface area contributed by atoms with Gasteiger partial charge >= 0.3 is 0 Å². The highest BCUT2D eigenvalue weighted by atomic mass is 35.5. The molecule has 3 rings (SSSR count). The van der Waals surface area contributed by atoms with Crippen LogP contribution in [-0.2, 0) is 16.0 Å². The van der Waals surface area contributed by atoms with Crippen LogP contribution in [0.2, 0.25) is 0 Å². The number of rotatable bonds is 4. The van der Waals surface area contributed by atoms with Crippen molar-refractivity contribution in [3.05, 3.63) is 71.0 Å². The van der Waals surface area contributed by atoms with Gasteiger partial charge in [0.05, 0.1) is 6.04 Å². The summed E-state index contributed by atoms with van der Waals surface area (Å²) in [7, 11) is 1.63. The zero-order chi connectivity index (χ0) is 16.4. The van der Waals surface area contributed by atoms with E-state index in [1.165, 1.54) is 29.8 Å². The fourth-order valence-electron chi connectivity index (χ4n) is 3.07. The molecule has 2 aromatic rings. The predicted octanol–water partition coefficient (Wildman–Crippen LogP) is 2.68. The van der Waals surface area contributed by atoms with Crippen molar-refractivity contribution < 1.29 is 13.9 Å². The number of benzene rings is 2. The fraction of sp³-hybridized carbons (Fsp3) is 0.278. The third-order valence-corrected chi connectivity index (χ3v) is 4.26. The van der Waals surface area contributed by atoms with E-state index in [1.807, 2.05) is 24.3 Å². The Hall–Kier alpha value is -1.95. The van der Waals surface area contributed by atoms with Crippen LogP contribution in [0.3, 0.4) is 0 Å². The molecule has 0 fully saturated rings. The van der Waals surface area contributed by atoms with E-state index in [0.717, 1.165) is 5.56 Å². The van der Waals surface area contributed by atoms with Crippen LogP contribution in [-0.4, -0.2) is 19.1 Å². The first-order valence-corrected chi connectivity index (χ1v) is 7.52. The van der Waals surface area contributed by atoms with Gasteiger partial charge in [0.15, 0.2) is 0 Å². The zero-order valence-electron chi connectivity index (χ0n) is 13.2. The number of fused-ring (bicyclic) bond motifs is 1. The molecule has 24 heavy (non-hydrogen) atoms. The zero-order valence-corrected chi connectivity index (χ0v) is 14.1. The molecule has 4 nitrogen and oxygen atoms in total. The topological polar surface area (TPSA) is 64.3 Å². The van der Waals surface area contributed by atoms with Gasteiger partial charge in [-0.05, 0) is 35.2 Å². The summed E-state index contributed by atoms with van der Waals surface area (Å²) in [5, 5.41) is 2.96. The Labute approximate surface area is 146 Å². The van der Waals surface area contributed by atoms with Crippen molar-refractivity contribution in [2.45, 2.75) is 24.6 Å². The Bertz CT molecular complexity index is 708. The summed E-state index contributed by atoms with van der Waals surface area (Å²) in [6.45, 7) is 0. The summed E-state index contributed by atoms with van der Waals surface area (Å²) >= 11 is 0. The van der Waals surface area contributed by atoms with E-state index in [1.54, 1.807) is 7.11 Å². The SMILES string of the molecule is CO[C@@H]1c2ccccc2C[C@H]1NC(=O)C(N)c1ccc(F)cc1.Cl. The minimum Gasteiger partial charge on any atom is -0.375 e. The minimum atomic E-state index is -0.836. The molecule has 0 bridgehead atoms. The number of amides is 1. The van der Waals surface area contributed by atoms with E-state index in [0.29, 0.717) is 12.0 Å². The molecule has 0 spiro atoms. The summed E-state index contributed by atoms with van der Waals surface area (Å²) in [6, 6.07) is 12.6. The first-order valence-electron chi connectivity index (χ1n) is 7.52. The van der Waals surface area contributed by atoms with Crippen molar-refractivity contribution in [2.24, 2.45) is 5.73 Å². The van der Waals surface area contributed by atoms with Gasteiger partial charge in [0.1, 0.15) is 18.0 Å². The lowest BCUT2D eigenvalue weighted by molar-refractivity contribution is -0.124. The van der Waals surface area contributed by atoms with Crippen LogP contribution in [0.15, 0.2) is 48.5 Å². The molecule has 1 amide bonds. The molecule has 0 saturated heterocycles. The minimum absolute atomic E-state index is 0. The third-order valence-electron chi connectivity index (χ3n) is 4.26. The quantitative estimate of drug-likeness (QED) is 0.891. The number of hydrogen-bond acceptors (Lipinski definition) is 3. The van der Waals surface area contributed by atoms with Gasteiger partial charge in [-0.2, -0.15) is 0 Å². The van der Waals surface area contributed by atoms with Gasteiger partial charge in [0.2, 0.25) is 5.91 Å². The number of ether oxygens (including phenoxy) is 1. The Balaban J connectivity index is 0.00000208. The molecule has 3 N–H and O–H groups in total. The Morgan fingerprint density at radius 3 is 2.58 bits per heavy atom. The summed E-state index contributed by atoms with van der Waals surface area (Å²) < 4.78 is 18.5. The number of methoxy groups -OCH3 is 1. The number of nitrogens with two attached hydrogens (primary N) is 1. The molecule has 0 aromatic heterocycles. The number of halogens is 2. The first-order chi connectivity index (χ1) is 11.1. The van der Waals surface area contributed by atoms with Crippen molar-refractivity contribution in [2.75, 3.05) is 7.11 Å². The van der Waals surface area contributed by atoms with Crippen LogP contribution in [0, 0.1) is 5.82 Å². The van der Waals surface area contributed by atoms with E-state index in [9.17, 15) is 9.18 Å². The lowest BCUT2D eigenvalue weighted by Gasteiger charge is -2.22. The fourth-order valence-corrected chi connectivity index (χ4v) is 3.07. The Morgan fingerprint density at radius 1 is 1.25 bits per heavy atom. The lowest BCUT2D eigenvalue weighted by Crippen LogP contribution is -2.43. The summed E-state index contributed by atoms with van der Waals surface area (Å²) in [5.41, 5.74) is 8.82. The Morgan fingerprint density at radius 2 is 1.92 bits per heavy atom. The number of carbonyl (C=O) groups is 1. The molecule has 0 saturated carbocycles. The molecule has 0 radical (unpaired) electrons. The van der Waals surface area contributed by atoms with Gasteiger partial charge in [-0.3, -0.25) is 4.79 Å². The molecule has 1 unspecified atom stereocenters. The molecule has 128 valence electrons. The molecule has 0 aliphatic heterocycles. The summed E-state index contributed by atoms with van der Waals surface area (Å²) in [6.07, 6.45) is 0.520. The van der Waals surface area contributed by atoms with Crippen LogP contribution in [0.5, 0.6) is 0 Å². The van der Waals surface area contributed by atoms with E-state index in [2.05, 4.69) is 5.32 Å². The van der Waals surface area contributed by atoms with Crippen molar-refractivity contribution in [3.63, 3.8) is 0 Å². The molecule has 0 heterocycles. The van der Waals surface area contributed by atoms with E-state index < -0.39 is 6.04 Å². The number of carbonyl (C=O) groups excluding carboxylic acids is 1. The van der Waals surface area contributed by atoms with Crippen molar-refractivity contribution >= 4 is 18.3 Å². The smallest absolute Gasteiger partial charge is 0.241 e. The molecular weight excluding hydrogens is 331 g/mol. The highest BCUT2D eigenvalue weighted by Crippen LogP contribution is 2.33. The van der Waals surface area contributed by atoms with Gasteiger partial charge < -0.3 is 15.8 Å². The van der Waals surface area contributed by atoms with Crippen molar-refractivity contribution in [1.82, 2.24) is 5.32 Å². The molecule has 1 aliphatic carbocycles. The van der Waals surface area contributed by atoms with Crippen molar-refractivity contribution in [1.29, 1.82) is 0 Å². The maximum absolute atomic E-state index is 13.0. The largest absolute Gasteiger partial charge is 0.375 e. The van der Waals surface area contributed by atoms with Gasteiger partial charge in [0.25, 0.3) is 0 Å². The lowest BCUT2D eigenvalue weighted by atomic mass is 10.1. The number of hydrogen-bond donors (Lipinski definition) is 2. The van der Waals surface area contributed by atoms with E-state index in [-0.39, 0.29) is 36.3 Å². The molecule has 3 atom stereocenters. The van der Waals surface area contributed by atoms with E-state index in [4.69, 9.17) is 10.5 Å². The van der Waals surface area contributed by atoms with Gasteiger partial charge in [-0.25, -0.2) is 4.39 Å². The van der Waals surface area contributed by atoms with Crippen LogP contribution >= 0.6 is 12.4 Å². The third kappa shape index (κ3) is 3.59. The second kappa shape index (κ2) is 7.75. The normalized spacial score (nSPS) is 20.0. The average molecular weight is 351 g/mol. The average Bonchev–Trinajstić information content (AvgIpc) is 2.91. The van der Waals surface area contributed by atoms with Crippen LogP contribution in [0.1, 0.15) is 28.8 Å². The second-order valence-corrected chi connectivity index (χ2v) is 5.70. The first kappa shape index (κ1) is 18.4. The summed E-state index contributed by atoms with van der Waals surface area (Å²) in [4.78, 5) is 12.4. The molecule has 2 aromatic carbocycles. The van der Waals surface area contributed by atoms with E-state index >= 15 is 0 Å². The van der Waals surface area contributed by atoms with Gasteiger partial charge in [0, 0.05) is 7.11 Å². The number of nitrogens with one attached hydrogen (secondary N) is 1. The van der Waals surface area contributed by atoms with Crippen LogP contribution in [0.25, 0.3) is 0 Å². The van der Waals surface area contributed by atoms with Gasteiger partial charge in [-0.15, -0.1) is 12.4 Å². The van der Waals surface area contributed by atoms with Crippen molar-refractivity contribution in [3.8, 4) is 0 Å². The maximum atomic E-state index is 13.0.